The highest BCUT2D eigenvalue weighted by molar-refractivity contribution is 5.92. The van der Waals surface area contributed by atoms with Crippen LogP contribution in [-0.4, -0.2) is 41.3 Å². The van der Waals surface area contributed by atoms with Crippen molar-refractivity contribution in [1.82, 2.24) is 19.1 Å². The van der Waals surface area contributed by atoms with E-state index < -0.39 is 11.9 Å². The second kappa shape index (κ2) is 22.4. The van der Waals surface area contributed by atoms with Gasteiger partial charge >= 0.3 is 11.9 Å². The Hall–Kier alpha value is -8.12. The number of carbonyl (C=O) groups is 2. The van der Waals surface area contributed by atoms with Crippen LogP contribution in [0.4, 0.5) is 17.6 Å². The Morgan fingerprint density at radius 2 is 0.824 bits per heavy atom. The van der Waals surface area contributed by atoms with E-state index in [2.05, 4.69) is 9.97 Å². The van der Waals surface area contributed by atoms with Crippen molar-refractivity contribution in [3.05, 3.63) is 249 Å². The Balaban J connectivity index is 0.000000201. The number of aromatic nitrogens is 4. The predicted octanol–water partition coefficient (Wildman–Crippen LogP) is 11.9. The molecule has 344 valence electrons. The summed E-state index contributed by atoms with van der Waals surface area (Å²) in [5, 5.41) is 19.7. The van der Waals surface area contributed by atoms with E-state index in [0.29, 0.717) is 49.7 Å². The van der Waals surface area contributed by atoms with Crippen molar-refractivity contribution in [1.29, 1.82) is 0 Å². The number of aromatic carboxylic acids is 2. The van der Waals surface area contributed by atoms with Crippen molar-refractivity contribution in [2.75, 3.05) is 0 Å². The quantitative estimate of drug-likeness (QED) is 0.0738. The van der Waals surface area contributed by atoms with Crippen LogP contribution in [0, 0.1) is 23.3 Å². The smallest absolute Gasteiger partial charge is 0.335 e. The first kappa shape index (κ1) is 47.8. The van der Waals surface area contributed by atoms with Crippen LogP contribution in [0.15, 0.2) is 159 Å². The molecule has 0 radical (unpaired) electrons. The number of nitrogens with zero attached hydrogens (tertiary/aromatic N) is 4. The first-order valence-corrected chi connectivity index (χ1v) is 21.8. The highest BCUT2D eigenvalue weighted by Gasteiger charge is 2.15. The van der Waals surface area contributed by atoms with Crippen LogP contribution >= 0.6 is 0 Å². The van der Waals surface area contributed by atoms with Gasteiger partial charge in [-0.1, -0.05) is 84.9 Å². The fraction of sp³-hybridized carbons (Fsp3) is 0.143. The third kappa shape index (κ3) is 13.0. The summed E-state index contributed by atoms with van der Waals surface area (Å²) < 4.78 is 57.1. The number of rotatable bonds is 16. The van der Waals surface area contributed by atoms with Gasteiger partial charge in [-0.15, -0.1) is 0 Å². The molecule has 12 heteroatoms. The lowest BCUT2D eigenvalue weighted by Gasteiger charge is -2.11. The average molecular weight is 917 g/mol. The molecule has 0 amide bonds. The minimum absolute atomic E-state index is 0.231. The largest absolute Gasteiger partial charge is 0.478 e. The number of carboxylic acid groups (broad SMARTS) is 2. The molecule has 8 rings (SSSR count). The second-order valence-electron chi connectivity index (χ2n) is 16.4. The first-order chi connectivity index (χ1) is 32.8. The summed E-state index contributed by atoms with van der Waals surface area (Å²) in [4.78, 5) is 32.3. The van der Waals surface area contributed by atoms with Gasteiger partial charge in [0.05, 0.1) is 23.8 Å². The van der Waals surface area contributed by atoms with Crippen molar-refractivity contribution in [2.24, 2.45) is 14.1 Å². The Kier molecular flexibility index (Phi) is 15.7. The summed E-state index contributed by atoms with van der Waals surface area (Å²) in [5.74, 6) is -3.23. The van der Waals surface area contributed by atoms with Gasteiger partial charge < -0.3 is 19.3 Å². The number of hydrogen-bond donors (Lipinski definition) is 2. The van der Waals surface area contributed by atoms with E-state index in [-0.39, 0.29) is 34.4 Å². The second-order valence-corrected chi connectivity index (χ2v) is 16.4. The maximum Gasteiger partial charge on any atom is 0.335 e. The minimum Gasteiger partial charge on any atom is -0.478 e. The Morgan fingerprint density at radius 3 is 1.13 bits per heavy atom. The van der Waals surface area contributed by atoms with Gasteiger partial charge in [0, 0.05) is 50.7 Å². The molecule has 2 heterocycles. The number of allylic oxidation sites excluding steroid dienone is 2. The van der Waals surface area contributed by atoms with Crippen molar-refractivity contribution >= 4 is 35.2 Å². The lowest BCUT2D eigenvalue weighted by atomic mass is 9.94. The van der Waals surface area contributed by atoms with Crippen molar-refractivity contribution in [2.45, 2.75) is 38.5 Å². The summed E-state index contributed by atoms with van der Waals surface area (Å²) in [6, 6.07) is 35.7. The molecule has 8 aromatic rings. The topological polar surface area (TPSA) is 110 Å². The van der Waals surface area contributed by atoms with Gasteiger partial charge in [-0.3, -0.25) is 0 Å². The van der Waals surface area contributed by atoms with E-state index in [0.717, 1.165) is 55.9 Å². The predicted molar refractivity (Wildman–Crippen MR) is 257 cm³/mol. The Bertz CT molecular complexity index is 2860. The molecular formula is C56H48F4N4O4. The molecule has 68 heavy (non-hydrogen) atoms. The lowest BCUT2D eigenvalue weighted by Crippen LogP contribution is -2.05. The molecule has 0 fully saturated rings. The molecule has 0 aliphatic heterocycles. The van der Waals surface area contributed by atoms with E-state index in [9.17, 15) is 37.4 Å². The normalized spacial score (nSPS) is 11.6. The number of carboxylic acids is 2. The van der Waals surface area contributed by atoms with E-state index >= 15 is 0 Å². The van der Waals surface area contributed by atoms with Crippen LogP contribution in [0.5, 0.6) is 0 Å². The molecule has 0 saturated heterocycles. The zero-order chi connectivity index (χ0) is 48.2. The maximum absolute atomic E-state index is 13.5. The zero-order valence-electron chi connectivity index (χ0n) is 37.4. The molecule has 2 aromatic heterocycles. The highest BCUT2D eigenvalue weighted by atomic mass is 19.1. The summed E-state index contributed by atoms with van der Waals surface area (Å²) in [6.07, 6.45) is 14.2. The Labute approximate surface area is 391 Å². The zero-order valence-corrected chi connectivity index (χ0v) is 37.4. The van der Waals surface area contributed by atoms with Crippen LogP contribution in [0.25, 0.3) is 23.3 Å². The van der Waals surface area contributed by atoms with Gasteiger partial charge in [-0.25, -0.2) is 37.1 Å². The highest BCUT2D eigenvalue weighted by Crippen LogP contribution is 2.27. The van der Waals surface area contributed by atoms with Crippen LogP contribution in [0.3, 0.4) is 0 Å². The fourth-order valence-corrected chi connectivity index (χ4v) is 7.77. The molecular weight excluding hydrogens is 869 g/mol. The lowest BCUT2D eigenvalue weighted by molar-refractivity contribution is 0.0684. The number of halogens is 4. The molecule has 0 unspecified atom stereocenters. The van der Waals surface area contributed by atoms with Crippen LogP contribution < -0.4 is 0 Å². The Morgan fingerprint density at radius 1 is 0.485 bits per heavy atom. The number of hydrogen-bond acceptors (Lipinski definition) is 4. The van der Waals surface area contributed by atoms with Crippen molar-refractivity contribution in [3.8, 4) is 0 Å². The van der Waals surface area contributed by atoms with Gasteiger partial charge in [0.1, 0.15) is 23.3 Å². The van der Waals surface area contributed by atoms with E-state index in [1.54, 1.807) is 85.7 Å². The summed E-state index contributed by atoms with van der Waals surface area (Å²) in [6.45, 7) is 0. The molecule has 0 aliphatic carbocycles. The third-order valence-corrected chi connectivity index (χ3v) is 11.6. The van der Waals surface area contributed by atoms with Gasteiger partial charge in [0.25, 0.3) is 0 Å². The van der Waals surface area contributed by atoms with E-state index in [4.69, 9.17) is 0 Å². The third-order valence-electron chi connectivity index (χ3n) is 11.6. The molecule has 2 N–H and O–H groups in total. The van der Waals surface area contributed by atoms with Crippen molar-refractivity contribution < 1.29 is 37.4 Å². The molecule has 0 spiro atoms. The molecule has 0 aliphatic rings. The first-order valence-electron chi connectivity index (χ1n) is 21.8. The van der Waals surface area contributed by atoms with Gasteiger partial charge in [0.2, 0.25) is 0 Å². The SMILES string of the molecule is Cn1cncc1C/C(=C/c1ccc(CCc2ccc(F)cc2)c(C(=O)O)c1)c1ccc(F)cc1.Cn1cncc1C/C(=C\c1ccc(CCc2ccc(F)cc2)c(C(=O)O)c1)c1ccc(F)cc1. The molecule has 0 bridgehead atoms. The van der Waals surface area contributed by atoms with Crippen LogP contribution in [-0.2, 0) is 52.6 Å². The molecule has 6 aromatic carbocycles. The summed E-state index contributed by atoms with van der Waals surface area (Å²) >= 11 is 0. The summed E-state index contributed by atoms with van der Waals surface area (Å²) in [5.41, 5.74) is 10.7. The van der Waals surface area contributed by atoms with Gasteiger partial charge in [-0.2, -0.15) is 0 Å². The number of aryl methyl sites for hydroxylation is 6. The maximum atomic E-state index is 13.5. The van der Waals surface area contributed by atoms with E-state index in [1.165, 1.54) is 48.5 Å². The van der Waals surface area contributed by atoms with Crippen molar-refractivity contribution in [3.63, 3.8) is 0 Å². The molecule has 0 atom stereocenters. The number of imidazole rings is 2. The monoisotopic (exact) mass is 916 g/mol. The number of benzene rings is 6. The fourth-order valence-electron chi connectivity index (χ4n) is 7.77. The van der Waals surface area contributed by atoms with Gasteiger partial charge in [0.15, 0.2) is 0 Å². The molecule has 8 nitrogen and oxygen atoms in total. The average Bonchev–Trinajstić information content (AvgIpc) is 3.94. The minimum atomic E-state index is -1.00. The van der Waals surface area contributed by atoms with Crippen LogP contribution in [0.1, 0.15) is 76.6 Å². The standard InChI is InChI=1S/2C28H24F2N2O2/c2*1-32-18-31-17-26(32)16-23(21-8-12-25(30)13-9-21)14-20-3-7-22(27(15-20)28(33)34)6-2-19-4-10-24(29)11-5-19/h2*3-5,7-15,17-18H,2,6,16H2,1H3,(H,33,34)/b23-14+;23-14-. The van der Waals surface area contributed by atoms with Gasteiger partial charge in [-0.05, 0) is 142 Å². The summed E-state index contributed by atoms with van der Waals surface area (Å²) in [7, 11) is 3.81. The van der Waals surface area contributed by atoms with E-state index in [1.807, 2.05) is 59.6 Å². The molecule has 0 saturated carbocycles. The van der Waals surface area contributed by atoms with Crippen LogP contribution in [0.2, 0.25) is 0 Å².